The molecule has 1 N–H and O–H groups in total. The molecule has 106 valence electrons. The second-order valence-corrected chi connectivity index (χ2v) is 6.05. The van der Waals surface area contributed by atoms with Crippen molar-refractivity contribution < 1.29 is 4.39 Å². The number of nitrogens with one attached hydrogen (secondary N) is 1. The summed E-state index contributed by atoms with van der Waals surface area (Å²) in [5.41, 5.74) is 1.08. The first-order valence-corrected chi connectivity index (χ1v) is 7.34. The number of likely N-dealkylation sites (tertiary alicyclic amines) is 1. The Bertz CT molecular complexity index is 423. The van der Waals surface area contributed by atoms with E-state index in [0.717, 1.165) is 25.2 Å². The van der Waals surface area contributed by atoms with Crippen molar-refractivity contribution in [2.24, 2.45) is 0 Å². The maximum atomic E-state index is 13.1. The lowest BCUT2D eigenvalue weighted by Gasteiger charge is -2.34. The van der Waals surface area contributed by atoms with Crippen LogP contribution in [0.3, 0.4) is 0 Å². The minimum atomic E-state index is -0.344. The third-order valence-corrected chi connectivity index (χ3v) is 3.75. The highest BCUT2D eigenvalue weighted by molar-refractivity contribution is 6.30. The number of piperidine rings is 1. The van der Waals surface area contributed by atoms with E-state index < -0.39 is 0 Å². The quantitative estimate of drug-likeness (QED) is 0.911. The van der Waals surface area contributed by atoms with Gasteiger partial charge < -0.3 is 5.32 Å². The molecule has 2 nitrogen and oxygen atoms in total. The average Bonchev–Trinajstić information content (AvgIpc) is 2.33. The Morgan fingerprint density at radius 3 is 2.95 bits per heavy atom. The van der Waals surface area contributed by atoms with Gasteiger partial charge in [-0.05, 0) is 37.1 Å². The molecule has 19 heavy (non-hydrogen) atoms. The molecule has 0 saturated carbocycles. The van der Waals surface area contributed by atoms with Gasteiger partial charge in [-0.3, -0.25) is 4.90 Å². The van der Waals surface area contributed by atoms with Crippen molar-refractivity contribution in [1.29, 1.82) is 0 Å². The third-order valence-electron chi connectivity index (χ3n) is 3.46. The topological polar surface area (TPSA) is 15.3 Å². The van der Waals surface area contributed by atoms with Gasteiger partial charge in [0.25, 0.3) is 0 Å². The molecule has 1 aliphatic rings. The van der Waals surface area contributed by atoms with Crippen LogP contribution in [-0.2, 0) is 6.54 Å². The molecule has 1 aliphatic heterocycles. The number of halogens is 2. The lowest BCUT2D eigenvalue weighted by atomic mass is 10.0. The summed E-state index contributed by atoms with van der Waals surface area (Å²) >= 11 is 5.82. The average molecular weight is 285 g/mol. The molecule has 0 aromatic heterocycles. The van der Waals surface area contributed by atoms with E-state index >= 15 is 0 Å². The standard InChI is InChI=1S/C15H22ClFN2/c1-11(2)18-13-4-3-7-19(10-13)9-12-5-6-15(17)14(16)8-12/h5-6,8,11,13,18H,3-4,7,9-10H2,1-2H3. The van der Waals surface area contributed by atoms with Crippen LogP contribution >= 0.6 is 11.6 Å². The van der Waals surface area contributed by atoms with Crippen molar-refractivity contribution in [3.8, 4) is 0 Å². The Morgan fingerprint density at radius 2 is 2.26 bits per heavy atom. The zero-order valence-corrected chi connectivity index (χ0v) is 12.4. The maximum Gasteiger partial charge on any atom is 0.141 e. The summed E-state index contributed by atoms with van der Waals surface area (Å²) < 4.78 is 13.1. The minimum Gasteiger partial charge on any atom is -0.311 e. The largest absolute Gasteiger partial charge is 0.311 e. The van der Waals surface area contributed by atoms with Gasteiger partial charge in [0.05, 0.1) is 5.02 Å². The van der Waals surface area contributed by atoms with E-state index in [2.05, 4.69) is 24.1 Å². The Kier molecular flexibility index (Phi) is 5.20. The molecule has 0 amide bonds. The molecular formula is C15H22ClFN2. The van der Waals surface area contributed by atoms with Gasteiger partial charge in [0, 0.05) is 25.2 Å². The van der Waals surface area contributed by atoms with Gasteiger partial charge in [0.2, 0.25) is 0 Å². The fourth-order valence-corrected chi connectivity index (χ4v) is 2.91. The van der Waals surface area contributed by atoms with Gasteiger partial charge in [-0.2, -0.15) is 0 Å². The molecule has 0 aliphatic carbocycles. The predicted octanol–water partition coefficient (Wildman–Crippen LogP) is 3.44. The number of nitrogens with zero attached hydrogens (tertiary/aromatic N) is 1. The van der Waals surface area contributed by atoms with E-state index in [0.29, 0.717) is 12.1 Å². The fourth-order valence-electron chi connectivity index (χ4n) is 2.70. The summed E-state index contributed by atoms with van der Waals surface area (Å²) in [4.78, 5) is 2.41. The molecule has 1 saturated heterocycles. The zero-order chi connectivity index (χ0) is 13.8. The maximum absolute atomic E-state index is 13.1. The van der Waals surface area contributed by atoms with Crippen LogP contribution in [0.4, 0.5) is 4.39 Å². The lowest BCUT2D eigenvalue weighted by Crippen LogP contribution is -2.47. The van der Waals surface area contributed by atoms with Gasteiger partial charge in [-0.25, -0.2) is 4.39 Å². The van der Waals surface area contributed by atoms with Crippen LogP contribution in [0.5, 0.6) is 0 Å². The molecule has 0 radical (unpaired) electrons. The molecule has 1 heterocycles. The summed E-state index contributed by atoms with van der Waals surface area (Å²) in [6, 6.07) is 6.08. The van der Waals surface area contributed by atoms with Crippen LogP contribution in [0.2, 0.25) is 5.02 Å². The third kappa shape index (κ3) is 4.44. The first-order valence-electron chi connectivity index (χ1n) is 6.97. The number of rotatable bonds is 4. The first-order chi connectivity index (χ1) is 9.04. The van der Waals surface area contributed by atoms with E-state index in [1.807, 2.05) is 6.07 Å². The van der Waals surface area contributed by atoms with Crippen molar-refractivity contribution in [2.45, 2.75) is 45.3 Å². The molecule has 1 aromatic carbocycles. The second-order valence-electron chi connectivity index (χ2n) is 5.64. The van der Waals surface area contributed by atoms with E-state index in [1.54, 1.807) is 6.07 Å². The van der Waals surface area contributed by atoms with Crippen molar-refractivity contribution in [2.75, 3.05) is 13.1 Å². The van der Waals surface area contributed by atoms with Crippen LogP contribution in [-0.4, -0.2) is 30.1 Å². The SMILES string of the molecule is CC(C)NC1CCCN(Cc2ccc(F)c(Cl)c2)C1. The first kappa shape index (κ1) is 14.8. The van der Waals surface area contributed by atoms with Crippen molar-refractivity contribution in [3.63, 3.8) is 0 Å². The van der Waals surface area contributed by atoms with Gasteiger partial charge >= 0.3 is 0 Å². The molecule has 1 fully saturated rings. The number of hydrogen-bond acceptors (Lipinski definition) is 2. The van der Waals surface area contributed by atoms with E-state index in [1.165, 1.54) is 18.9 Å². The lowest BCUT2D eigenvalue weighted by molar-refractivity contribution is 0.178. The Balaban J connectivity index is 1.92. The Labute approximate surface area is 119 Å². The smallest absolute Gasteiger partial charge is 0.141 e. The molecule has 1 aromatic rings. The fraction of sp³-hybridized carbons (Fsp3) is 0.600. The van der Waals surface area contributed by atoms with Crippen molar-refractivity contribution in [1.82, 2.24) is 10.2 Å². The molecule has 1 atom stereocenters. The van der Waals surface area contributed by atoms with Crippen LogP contribution in [0.25, 0.3) is 0 Å². The number of hydrogen-bond donors (Lipinski definition) is 1. The van der Waals surface area contributed by atoms with Gasteiger partial charge in [0.15, 0.2) is 0 Å². The zero-order valence-electron chi connectivity index (χ0n) is 11.6. The molecule has 2 rings (SSSR count). The summed E-state index contributed by atoms with van der Waals surface area (Å²) in [5.74, 6) is -0.344. The van der Waals surface area contributed by atoms with Gasteiger partial charge in [-0.1, -0.05) is 31.5 Å². The van der Waals surface area contributed by atoms with E-state index in [9.17, 15) is 4.39 Å². The van der Waals surface area contributed by atoms with Crippen LogP contribution in [0.15, 0.2) is 18.2 Å². The highest BCUT2D eigenvalue weighted by Crippen LogP contribution is 2.19. The highest BCUT2D eigenvalue weighted by Gasteiger charge is 2.20. The molecular weight excluding hydrogens is 263 g/mol. The number of benzene rings is 1. The van der Waals surface area contributed by atoms with Crippen LogP contribution in [0.1, 0.15) is 32.3 Å². The molecule has 0 spiro atoms. The molecule has 4 heteroatoms. The summed E-state index contributed by atoms with van der Waals surface area (Å²) in [6.07, 6.45) is 2.44. The summed E-state index contributed by atoms with van der Waals surface area (Å²) in [5, 5.41) is 3.80. The van der Waals surface area contributed by atoms with Gasteiger partial charge in [-0.15, -0.1) is 0 Å². The predicted molar refractivity (Wildman–Crippen MR) is 78.0 cm³/mol. The molecule has 1 unspecified atom stereocenters. The highest BCUT2D eigenvalue weighted by atomic mass is 35.5. The van der Waals surface area contributed by atoms with Crippen molar-refractivity contribution >= 4 is 11.6 Å². The van der Waals surface area contributed by atoms with Crippen LogP contribution < -0.4 is 5.32 Å². The Morgan fingerprint density at radius 1 is 1.47 bits per heavy atom. The van der Waals surface area contributed by atoms with Gasteiger partial charge in [0.1, 0.15) is 5.82 Å². The Hall–Kier alpha value is -0.640. The summed E-state index contributed by atoms with van der Waals surface area (Å²) in [6.45, 7) is 7.35. The summed E-state index contributed by atoms with van der Waals surface area (Å²) in [7, 11) is 0. The monoisotopic (exact) mass is 284 g/mol. The van der Waals surface area contributed by atoms with Crippen LogP contribution in [0, 0.1) is 5.82 Å². The van der Waals surface area contributed by atoms with E-state index in [4.69, 9.17) is 11.6 Å². The molecule has 0 bridgehead atoms. The minimum absolute atomic E-state index is 0.214. The normalized spacial score (nSPS) is 21.0. The van der Waals surface area contributed by atoms with E-state index in [-0.39, 0.29) is 10.8 Å². The second kappa shape index (κ2) is 6.69. The van der Waals surface area contributed by atoms with Crippen molar-refractivity contribution in [3.05, 3.63) is 34.6 Å².